The minimum absolute atomic E-state index is 0.000368. The summed E-state index contributed by atoms with van der Waals surface area (Å²) in [4.78, 5) is 37.5. The Bertz CT molecular complexity index is 1240. The summed E-state index contributed by atoms with van der Waals surface area (Å²) < 4.78 is 5.56. The lowest BCUT2D eigenvalue weighted by atomic mass is 9.78. The van der Waals surface area contributed by atoms with Crippen molar-refractivity contribution in [3.63, 3.8) is 0 Å². The summed E-state index contributed by atoms with van der Waals surface area (Å²) in [5, 5.41) is 11.2. The summed E-state index contributed by atoms with van der Waals surface area (Å²) in [6.45, 7) is 6.03. The van der Waals surface area contributed by atoms with Crippen molar-refractivity contribution in [3.05, 3.63) is 99.6 Å². The smallest absolute Gasteiger partial charge is 0.316 e. The van der Waals surface area contributed by atoms with Crippen LogP contribution >= 0.6 is 0 Å². The average Bonchev–Trinajstić information content (AvgIpc) is 3.22. The van der Waals surface area contributed by atoms with E-state index in [2.05, 4.69) is 26.0 Å². The van der Waals surface area contributed by atoms with Gasteiger partial charge in [-0.2, -0.15) is 0 Å². The first-order valence-electron chi connectivity index (χ1n) is 11.1. The van der Waals surface area contributed by atoms with E-state index in [4.69, 9.17) is 4.74 Å². The fourth-order valence-electron chi connectivity index (χ4n) is 4.24. The quantitative estimate of drug-likeness (QED) is 0.220. The maximum absolute atomic E-state index is 12.8. The molecule has 3 aromatic rings. The number of benzene rings is 3. The molecule has 0 aromatic heterocycles. The van der Waals surface area contributed by atoms with E-state index in [1.807, 2.05) is 30.3 Å². The van der Waals surface area contributed by atoms with Crippen molar-refractivity contribution < 1.29 is 19.2 Å². The van der Waals surface area contributed by atoms with Crippen LogP contribution in [0.5, 0.6) is 5.75 Å². The summed E-state index contributed by atoms with van der Waals surface area (Å²) >= 11 is 0. The van der Waals surface area contributed by atoms with E-state index in [1.165, 1.54) is 16.5 Å². The number of carbonyl (C=O) groups excluding carboxylic acids is 2. The normalized spacial score (nSPS) is 15.9. The Morgan fingerprint density at radius 3 is 2.32 bits per heavy atom. The van der Waals surface area contributed by atoms with Gasteiger partial charge in [-0.05, 0) is 36.2 Å². The fraction of sp³-hybridized carbons (Fsp3) is 0.259. The first-order chi connectivity index (χ1) is 16.2. The van der Waals surface area contributed by atoms with Gasteiger partial charge in [0.25, 0.3) is 5.69 Å². The molecule has 0 unspecified atom stereocenters. The molecule has 0 spiro atoms. The Hall–Kier alpha value is -4.00. The standard InChI is InChI=1S/C27H26N2O5/c1-18-9-12-22(16-24(18)29(32)33)28-17-19(15-25(28)30)26(31)34-23-13-10-21(11-14-23)27(2,3)20-7-5-4-6-8-20/h4-14,16,19H,15,17H2,1-3H3/t19-/m0/s1. The molecule has 1 atom stereocenters. The highest BCUT2D eigenvalue weighted by Crippen LogP contribution is 2.33. The highest BCUT2D eigenvalue weighted by Gasteiger charge is 2.37. The molecule has 7 heteroatoms. The Labute approximate surface area is 198 Å². The van der Waals surface area contributed by atoms with Crippen LogP contribution in [0.1, 0.15) is 37.0 Å². The van der Waals surface area contributed by atoms with E-state index in [9.17, 15) is 19.7 Å². The number of hydrogen-bond acceptors (Lipinski definition) is 5. The molecule has 0 bridgehead atoms. The van der Waals surface area contributed by atoms with E-state index < -0.39 is 16.8 Å². The minimum Gasteiger partial charge on any atom is -0.426 e. The van der Waals surface area contributed by atoms with Crippen molar-refractivity contribution in [1.82, 2.24) is 0 Å². The van der Waals surface area contributed by atoms with Crippen molar-refractivity contribution in [2.75, 3.05) is 11.4 Å². The number of nitrogens with zero attached hydrogens (tertiary/aromatic N) is 2. The second-order valence-corrected chi connectivity index (χ2v) is 9.07. The van der Waals surface area contributed by atoms with Gasteiger partial charge < -0.3 is 9.64 Å². The van der Waals surface area contributed by atoms with Crippen LogP contribution in [0.4, 0.5) is 11.4 Å². The molecular weight excluding hydrogens is 432 g/mol. The molecule has 0 aliphatic carbocycles. The lowest BCUT2D eigenvalue weighted by molar-refractivity contribution is -0.385. The van der Waals surface area contributed by atoms with Crippen LogP contribution in [-0.4, -0.2) is 23.3 Å². The number of ether oxygens (including phenoxy) is 1. The van der Waals surface area contributed by atoms with E-state index in [0.29, 0.717) is 17.0 Å². The van der Waals surface area contributed by atoms with E-state index in [1.54, 1.807) is 31.2 Å². The molecule has 1 heterocycles. The van der Waals surface area contributed by atoms with Crippen molar-refractivity contribution in [2.45, 2.75) is 32.6 Å². The molecule has 3 aromatic carbocycles. The molecule has 1 saturated heterocycles. The SMILES string of the molecule is Cc1ccc(N2C[C@@H](C(=O)Oc3ccc(C(C)(C)c4ccccc4)cc3)CC2=O)cc1[N+](=O)[O-]. The van der Waals surface area contributed by atoms with Crippen molar-refractivity contribution in [2.24, 2.45) is 5.92 Å². The monoisotopic (exact) mass is 458 g/mol. The van der Waals surface area contributed by atoms with Crippen LogP contribution in [0.3, 0.4) is 0 Å². The molecule has 34 heavy (non-hydrogen) atoms. The van der Waals surface area contributed by atoms with Crippen LogP contribution in [0.25, 0.3) is 0 Å². The Morgan fingerprint density at radius 2 is 1.68 bits per heavy atom. The van der Waals surface area contributed by atoms with Crippen LogP contribution in [0.15, 0.2) is 72.8 Å². The van der Waals surface area contributed by atoms with Crippen LogP contribution in [0, 0.1) is 23.0 Å². The highest BCUT2D eigenvalue weighted by atomic mass is 16.6. The van der Waals surface area contributed by atoms with Crippen LogP contribution in [0.2, 0.25) is 0 Å². The number of hydrogen-bond donors (Lipinski definition) is 0. The van der Waals surface area contributed by atoms with Gasteiger partial charge in [-0.15, -0.1) is 0 Å². The Morgan fingerprint density at radius 1 is 1.03 bits per heavy atom. The summed E-state index contributed by atoms with van der Waals surface area (Å²) in [6.07, 6.45) is -0.000368. The van der Waals surface area contributed by atoms with Gasteiger partial charge in [0.15, 0.2) is 0 Å². The molecular formula is C27H26N2O5. The molecule has 0 radical (unpaired) electrons. The molecule has 174 valence electrons. The average molecular weight is 459 g/mol. The largest absolute Gasteiger partial charge is 0.426 e. The number of esters is 1. The second-order valence-electron chi connectivity index (χ2n) is 9.07. The zero-order valence-corrected chi connectivity index (χ0v) is 19.4. The molecule has 1 aliphatic rings. The number of rotatable bonds is 6. The second kappa shape index (κ2) is 9.09. The number of carbonyl (C=O) groups is 2. The summed E-state index contributed by atoms with van der Waals surface area (Å²) in [5.41, 5.74) is 2.91. The van der Waals surface area contributed by atoms with Gasteiger partial charge in [0.1, 0.15) is 5.75 Å². The molecule has 1 fully saturated rings. The number of nitro groups is 1. The zero-order valence-electron chi connectivity index (χ0n) is 19.4. The van der Waals surface area contributed by atoms with Crippen molar-refractivity contribution >= 4 is 23.3 Å². The number of nitro benzene ring substituents is 1. The predicted molar refractivity (Wildman–Crippen MR) is 129 cm³/mol. The lowest BCUT2D eigenvalue weighted by Gasteiger charge is -2.26. The number of anilines is 1. The first kappa shape index (κ1) is 23.2. The molecule has 4 rings (SSSR count). The highest BCUT2D eigenvalue weighted by molar-refractivity contribution is 6.00. The Balaban J connectivity index is 1.44. The van der Waals surface area contributed by atoms with Gasteiger partial charge in [0.05, 0.1) is 16.5 Å². The van der Waals surface area contributed by atoms with Crippen LogP contribution in [-0.2, 0) is 15.0 Å². The molecule has 1 amide bonds. The number of aryl methyl sites for hydroxylation is 1. The topological polar surface area (TPSA) is 89.8 Å². The van der Waals surface area contributed by atoms with Gasteiger partial charge in [0, 0.05) is 30.0 Å². The van der Waals surface area contributed by atoms with Gasteiger partial charge in [0.2, 0.25) is 5.91 Å². The van der Waals surface area contributed by atoms with E-state index in [0.717, 1.165) is 5.56 Å². The zero-order chi connectivity index (χ0) is 24.5. The molecule has 1 aliphatic heterocycles. The van der Waals surface area contributed by atoms with Gasteiger partial charge >= 0.3 is 5.97 Å². The predicted octanol–water partition coefficient (Wildman–Crippen LogP) is 5.19. The molecule has 7 nitrogen and oxygen atoms in total. The lowest BCUT2D eigenvalue weighted by Crippen LogP contribution is -2.27. The molecule has 0 N–H and O–H groups in total. The Kier molecular flexibility index (Phi) is 6.20. The molecule has 0 saturated carbocycles. The van der Waals surface area contributed by atoms with E-state index >= 15 is 0 Å². The number of amides is 1. The summed E-state index contributed by atoms with van der Waals surface area (Å²) in [5.74, 6) is -0.990. The summed E-state index contributed by atoms with van der Waals surface area (Å²) in [6, 6.07) is 22.2. The van der Waals surface area contributed by atoms with Gasteiger partial charge in [-0.25, -0.2) is 0 Å². The van der Waals surface area contributed by atoms with Crippen LogP contribution < -0.4 is 9.64 Å². The third-order valence-corrected chi connectivity index (χ3v) is 6.45. The fourth-order valence-corrected chi connectivity index (χ4v) is 4.24. The van der Waals surface area contributed by atoms with Crippen molar-refractivity contribution in [1.29, 1.82) is 0 Å². The third kappa shape index (κ3) is 4.55. The first-order valence-corrected chi connectivity index (χ1v) is 11.1. The third-order valence-electron chi connectivity index (χ3n) is 6.45. The maximum Gasteiger partial charge on any atom is 0.316 e. The van der Waals surface area contributed by atoms with Crippen molar-refractivity contribution in [3.8, 4) is 5.75 Å². The maximum atomic E-state index is 12.8. The van der Waals surface area contributed by atoms with E-state index in [-0.39, 0.29) is 30.0 Å². The summed E-state index contributed by atoms with van der Waals surface area (Å²) in [7, 11) is 0. The minimum atomic E-state index is -0.645. The van der Waals surface area contributed by atoms with Gasteiger partial charge in [-0.1, -0.05) is 62.4 Å². The van der Waals surface area contributed by atoms with Gasteiger partial charge in [-0.3, -0.25) is 19.7 Å².